The normalized spacial score (nSPS) is 26.3. The number of methoxy groups -OCH3 is 1. The summed E-state index contributed by atoms with van der Waals surface area (Å²) in [5, 5.41) is 1.04. The summed E-state index contributed by atoms with van der Waals surface area (Å²) >= 11 is 0. The number of likely N-dealkylation sites (N-methyl/N-ethyl adjacent to an activating group) is 1. The van der Waals surface area contributed by atoms with Gasteiger partial charge in [0.2, 0.25) is 11.8 Å². The van der Waals surface area contributed by atoms with Gasteiger partial charge in [-0.15, -0.1) is 0 Å². The highest BCUT2D eigenvalue weighted by Crippen LogP contribution is 2.66. The predicted octanol–water partition coefficient (Wildman–Crippen LogP) is 3.76. The molecule has 5 aliphatic rings. The smallest absolute Gasteiger partial charge is 0.303 e. The largest absolute Gasteiger partial charge is 0.497 e. The van der Waals surface area contributed by atoms with Crippen LogP contribution in [0.25, 0.3) is 22.2 Å². The van der Waals surface area contributed by atoms with Crippen LogP contribution in [-0.4, -0.2) is 116 Å². The highest BCUT2D eigenvalue weighted by Gasteiger charge is 2.65. The summed E-state index contributed by atoms with van der Waals surface area (Å²) in [6.45, 7) is 4.49. The molecule has 13 heteroatoms. The van der Waals surface area contributed by atoms with Gasteiger partial charge in [-0.25, -0.2) is 4.72 Å². The third kappa shape index (κ3) is 5.54. The van der Waals surface area contributed by atoms with Crippen LogP contribution in [0.5, 0.6) is 5.75 Å². The van der Waals surface area contributed by atoms with Crippen LogP contribution in [0.15, 0.2) is 36.4 Å². The van der Waals surface area contributed by atoms with Gasteiger partial charge in [0, 0.05) is 81.7 Å². The van der Waals surface area contributed by atoms with Crippen LogP contribution >= 0.6 is 0 Å². The molecule has 2 aliphatic carbocycles. The molecule has 0 spiro atoms. The average molecular weight is 717 g/mol. The Hall–Kier alpha value is -3.94. The molecule has 4 fully saturated rings. The summed E-state index contributed by atoms with van der Waals surface area (Å²) in [5.41, 5.74) is 4.90. The fraction of sp³-hybridized carbons (Fsp3) is 0.553. The lowest BCUT2D eigenvalue weighted by molar-refractivity contribution is -0.157. The minimum Gasteiger partial charge on any atom is -0.497 e. The summed E-state index contributed by atoms with van der Waals surface area (Å²) in [6, 6.07) is 11.5. The van der Waals surface area contributed by atoms with Gasteiger partial charge in [-0.1, -0.05) is 25.3 Å². The Balaban J connectivity index is 1.30. The van der Waals surface area contributed by atoms with Crippen molar-refractivity contribution < 1.29 is 27.5 Å². The van der Waals surface area contributed by atoms with E-state index in [1.54, 1.807) is 20.1 Å². The minimum absolute atomic E-state index is 0.0229. The van der Waals surface area contributed by atoms with E-state index in [9.17, 15) is 18.0 Å². The molecule has 2 saturated heterocycles. The second-order valence-electron chi connectivity index (χ2n) is 15.7. The number of hydrogen-bond acceptors (Lipinski definition) is 7. The highest BCUT2D eigenvalue weighted by molar-refractivity contribution is 7.87. The molecule has 51 heavy (non-hydrogen) atoms. The third-order valence-corrected chi connectivity index (χ3v) is 13.7. The van der Waals surface area contributed by atoms with Gasteiger partial charge in [-0.05, 0) is 73.7 Å². The fourth-order valence-electron chi connectivity index (χ4n) is 9.68. The first-order valence-electron chi connectivity index (χ1n) is 18.2. The lowest BCUT2D eigenvalue weighted by Gasteiger charge is -2.53. The number of amides is 3. The van der Waals surface area contributed by atoms with Gasteiger partial charge < -0.3 is 24.0 Å². The molecule has 1 aromatic heterocycles. The molecule has 3 aromatic rings. The SMILES string of the molecule is COc1ccc2c(c1)C1CC1(C(=O)N1C3CN(C)CC1CN(C(C)=O)C3)Cn1c-2c(C2CCCCC2)c2ccc(C(=O)NS(=O)(=O)N(C)C)cc21. The molecule has 12 nitrogen and oxygen atoms in total. The van der Waals surface area contributed by atoms with E-state index in [2.05, 4.69) is 38.3 Å². The number of benzene rings is 2. The number of piperazine rings is 2. The first-order valence-corrected chi connectivity index (χ1v) is 19.6. The van der Waals surface area contributed by atoms with E-state index in [0.29, 0.717) is 45.1 Å². The third-order valence-electron chi connectivity index (χ3n) is 12.3. The van der Waals surface area contributed by atoms with Gasteiger partial charge in [0.05, 0.1) is 30.3 Å². The molecule has 1 N–H and O–H groups in total. The van der Waals surface area contributed by atoms with Crippen LogP contribution < -0.4 is 9.46 Å². The minimum atomic E-state index is -4.00. The number of nitrogens with zero attached hydrogens (tertiary/aromatic N) is 5. The molecule has 4 atom stereocenters. The van der Waals surface area contributed by atoms with E-state index >= 15 is 4.79 Å². The molecule has 272 valence electrons. The molecule has 3 amide bonds. The van der Waals surface area contributed by atoms with E-state index in [1.165, 1.54) is 26.1 Å². The van der Waals surface area contributed by atoms with Crippen molar-refractivity contribution in [2.45, 2.75) is 75.9 Å². The van der Waals surface area contributed by atoms with Gasteiger partial charge in [0.1, 0.15) is 5.75 Å². The second kappa shape index (κ2) is 12.3. The van der Waals surface area contributed by atoms with Crippen molar-refractivity contribution in [1.82, 2.24) is 28.3 Å². The molecular weight excluding hydrogens is 669 g/mol. The zero-order chi connectivity index (χ0) is 36.0. The molecule has 0 radical (unpaired) electrons. The topological polar surface area (TPSA) is 124 Å². The fourth-order valence-corrected chi connectivity index (χ4v) is 10.2. The number of ether oxygens (including phenoxy) is 1. The zero-order valence-corrected chi connectivity index (χ0v) is 31.0. The molecule has 4 unspecified atom stereocenters. The van der Waals surface area contributed by atoms with Crippen LogP contribution in [0.4, 0.5) is 0 Å². The average Bonchev–Trinajstić information content (AvgIpc) is 3.77. The molecule has 8 rings (SSSR count). The maximum Gasteiger partial charge on any atom is 0.303 e. The number of carbonyl (C=O) groups excluding carboxylic acids is 3. The summed E-state index contributed by atoms with van der Waals surface area (Å²) in [5.74, 6) is 0.515. The van der Waals surface area contributed by atoms with E-state index in [4.69, 9.17) is 4.74 Å². The van der Waals surface area contributed by atoms with Crippen molar-refractivity contribution in [1.29, 1.82) is 0 Å². The maximum absolute atomic E-state index is 15.3. The second-order valence-corrected chi connectivity index (χ2v) is 17.5. The van der Waals surface area contributed by atoms with Gasteiger partial charge in [0.25, 0.3) is 5.91 Å². The van der Waals surface area contributed by atoms with Crippen molar-refractivity contribution in [2.24, 2.45) is 5.41 Å². The summed E-state index contributed by atoms with van der Waals surface area (Å²) in [6.07, 6.45) is 6.30. The number of nitrogens with one attached hydrogen (secondary N) is 1. The number of aromatic nitrogens is 1. The van der Waals surface area contributed by atoms with Crippen LogP contribution in [0.3, 0.4) is 0 Å². The van der Waals surface area contributed by atoms with Crippen molar-refractivity contribution in [3.63, 3.8) is 0 Å². The summed E-state index contributed by atoms with van der Waals surface area (Å²) in [7, 11) is 2.51. The van der Waals surface area contributed by atoms with Crippen LogP contribution in [-0.2, 0) is 26.3 Å². The van der Waals surface area contributed by atoms with E-state index < -0.39 is 21.5 Å². The quantitative estimate of drug-likeness (QED) is 0.412. The van der Waals surface area contributed by atoms with E-state index in [-0.39, 0.29) is 35.4 Å². The number of carbonyl (C=O) groups is 3. The van der Waals surface area contributed by atoms with Gasteiger partial charge in [-0.2, -0.15) is 12.7 Å². The highest BCUT2D eigenvalue weighted by atomic mass is 32.2. The summed E-state index contributed by atoms with van der Waals surface area (Å²) < 4.78 is 36.5. The molecule has 3 aliphatic heterocycles. The monoisotopic (exact) mass is 716 g/mol. The Morgan fingerprint density at radius 3 is 2.31 bits per heavy atom. The molecule has 2 saturated carbocycles. The first kappa shape index (κ1) is 34.2. The lowest BCUT2D eigenvalue weighted by atomic mass is 9.81. The van der Waals surface area contributed by atoms with Gasteiger partial charge in [0.15, 0.2) is 0 Å². The predicted molar refractivity (Wildman–Crippen MR) is 194 cm³/mol. The Morgan fingerprint density at radius 1 is 0.961 bits per heavy atom. The molecule has 2 aromatic carbocycles. The van der Waals surface area contributed by atoms with Crippen molar-refractivity contribution in [3.8, 4) is 17.0 Å². The molecular formula is C38H48N6O6S. The van der Waals surface area contributed by atoms with E-state index in [1.807, 2.05) is 23.1 Å². The summed E-state index contributed by atoms with van der Waals surface area (Å²) in [4.78, 5) is 47.5. The Labute approximate surface area is 299 Å². The van der Waals surface area contributed by atoms with Gasteiger partial charge >= 0.3 is 10.2 Å². The first-order chi connectivity index (χ1) is 24.3. The standard InChI is InChI=1S/C38H48N6O6S/c1-23(45)42-20-26-18-41(4)19-27(21-42)44(26)37(47)38-17-32(38)31-16-28(50-5)12-14-29(31)35-34(24-9-7-6-8-10-24)30-13-11-25(15-33(30)43(35)22-38)36(46)39-51(48,49)40(2)3/h11-16,24,26-27,32H,6-10,17-22H2,1-5H3,(H,39,46). The van der Waals surface area contributed by atoms with Crippen LogP contribution in [0.1, 0.15) is 78.8 Å². The Bertz CT molecular complexity index is 2040. The molecule has 2 bridgehead atoms. The maximum atomic E-state index is 15.3. The van der Waals surface area contributed by atoms with Crippen molar-refractivity contribution in [3.05, 3.63) is 53.1 Å². The Morgan fingerprint density at radius 2 is 1.67 bits per heavy atom. The van der Waals surface area contributed by atoms with Crippen LogP contribution in [0.2, 0.25) is 0 Å². The lowest BCUT2D eigenvalue weighted by Crippen LogP contribution is -2.70. The zero-order valence-electron chi connectivity index (χ0n) is 30.1. The Kier molecular flexibility index (Phi) is 8.27. The number of rotatable bonds is 6. The molecule has 4 heterocycles. The van der Waals surface area contributed by atoms with E-state index in [0.717, 1.165) is 63.5 Å². The van der Waals surface area contributed by atoms with Gasteiger partial charge in [-0.3, -0.25) is 14.4 Å². The van der Waals surface area contributed by atoms with Crippen molar-refractivity contribution >= 4 is 38.8 Å². The van der Waals surface area contributed by atoms with Crippen molar-refractivity contribution in [2.75, 3.05) is 54.4 Å². The number of fused-ring (bicyclic) bond motifs is 9. The number of hydrogen-bond donors (Lipinski definition) is 1. The van der Waals surface area contributed by atoms with Crippen LogP contribution in [0, 0.1) is 5.41 Å².